The van der Waals surface area contributed by atoms with Gasteiger partial charge in [-0.05, 0) is 61.5 Å². The molecule has 0 radical (unpaired) electrons. The summed E-state index contributed by atoms with van der Waals surface area (Å²) in [6, 6.07) is 9.47. The summed E-state index contributed by atoms with van der Waals surface area (Å²) in [6.45, 7) is 1.81. The number of hydrogen-bond acceptors (Lipinski definition) is 9. The zero-order chi connectivity index (χ0) is 24.9. The molecule has 4 aromatic rings. The summed E-state index contributed by atoms with van der Waals surface area (Å²) in [6.07, 6.45) is 1.98. The van der Waals surface area contributed by atoms with Crippen LogP contribution in [-0.2, 0) is 14.9 Å². The van der Waals surface area contributed by atoms with Crippen LogP contribution in [0.3, 0.4) is 0 Å². The van der Waals surface area contributed by atoms with E-state index in [1.807, 2.05) is 37.3 Å². The standard InChI is InChI=1S/C25H20N4O6S/c1-13(14-5-3-2-4-6-14)33-24(32)27-18-16(29-36-19(18)15-7-8-15)9-10-17-26-20-21(34-17)35-22(28-20)25(11-12-25)23(30)31/h2-6,13,15H,7-8,11-12H2,1H3,(H,27,32)(H,30,31). The molecule has 6 rings (SSSR count). The van der Waals surface area contributed by atoms with E-state index in [0.717, 1.165) is 23.3 Å². The normalized spacial score (nSPS) is 16.7. The van der Waals surface area contributed by atoms with Crippen LogP contribution in [-0.4, -0.2) is 31.5 Å². The summed E-state index contributed by atoms with van der Waals surface area (Å²) in [4.78, 5) is 33.5. The molecule has 0 saturated heterocycles. The lowest BCUT2D eigenvalue weighted by Crippen LogP contribution is -2.19. The molecular formula is C25H20N4O6S. The van der Waals surface area contributed by atoms with Gasteiger partial charge in [0.05, 0.1) is 10.6 Å². The molecule has 2 N–H and O–H groups in total. The number of fused-ring (bicyclic) bond motifs is 1. The molecule has 11 heteroatoms. The highest BCUT2D eigenvalue weighted by molar-refractivity contribution is 7.06. The number of nitrogens with zero attached hydrogens (tertiary/aromatic N) is 3. The fraction of sp³-hybridized carbons (Fsp3) is 0.320. The van der Waals surface area contributed by atoms with Gasteiger partial charge in [0.2, 0.25) is 11.5 Å². The Morgan fingerprint density at radius 3 is 2.64 bits per heavy atom. The van der Waals surface area contributed by atoms with Crippen LogP contribution in [0.5, 0.6) is 0 Å². The Bertz CT molecular complexity index is 1500. The predicted octanol–water partition coefficient (Wildman–Crippen LogP) is 4.98. The number of aliphatic carboxylic acids is 1. The van der Waals surface area contributed by atoms with Crippen LogP contribution in [0.15, 0.2) is 39.2 Å². The molecule has 182 valence electrons. The lowest BCUT2D eigenvalue weighted by atomic mass is 10.1. The molecule has 2 aliphatic carbocycles. The van der Waals surface area contributed by atoms with Crippen LogP contribution in [0.4, 0.5) is 10.5 Å². The number of oxazole rings is 2. The van der Waals surface area contributed by atoms with Crippen molar-refractivity contribution in [2.75, 3.05) is 5.32 Å². The summed E-state index contributed by atoms with van der Waals surface area (Å²) in [7, 11) is 0. The number of carboxylic acids is 1. The summed E-state index contributed by atoms with van der Waals surface area (Å²) in [5.41, 5.74) is 0.891. The molecule has 3 aromatic heterocycles. The Morgan fingerprint density at radius 2 is 1.97 bits per heavy atom. The number of carbonyl (C=O) groups is 2. The number of aromatic nitrogens is 3. The van der Waals surface area contributed by atoms with E-state index in [-0.39, 0.29) is 23.2 Å². The summed E-state index contributed by atoms with van der Waals surface area (Å²) >= 11 is 1.30. The van der Waals surface area contributed by atoms with Crippen molar-refractivity contribution in [1.82, 2.24) is 14.3 Å². The van der Waals surface area contributed by atoms with E-state index in [1.54, 1.807) is 0 Å². The zero-order valence-electron chi connectivity index (χ0n) is 19.1. The Hall–Kier alpha value is -4.17. The second-order valence-corrected chi connectivity index (χ2v) is 9.72. The van der Waals surface area contributed by atoms with Gasteiger partial charge < -0.3 is 18.7 Å². The smallest absolute Gasteiger partial charge is 0.412 e. The van der Waals surface area contributed by atoms with Crippen molar-refractivity contribution in [2.24, 2.45) is 0 Å². The lowest BCUT2D eigenvalue weighted by Gasteiger charge is -2.14. The molecule has 1 amide bonds. The molecule has 0 aliphatic heterocycles. The lowest BCUT2D eigenvalue weighted by molar-refractivity contribution is -0.140. The molecule has 2 saturated carbocycles. The average Bonchev–Trinajstić information content (AvgIpc) is 3.76. The number of rotatable bonds is 6. The van der Waals surface area contributed by atoms with E-state index < -0.39 is 23.6 Å². The Balaban J connectivity index is 1.21. The Morgan fingerprint density at radius 1 is 1.19 bits per heavy atom. The summed E-state index contributed by atoms with van der Waals surface area (Å²) < 4.78 is 21.0. The highest BCUT2D eigenvalue weighted by atomic mass is 32.1. The van der Waals surface area contributed by atoms with Gasteiger partial charge in [0.1, 0.15) is 11.5 Å². The molecule has 0 spiro atoms. The molecule has 1 unspecified atom stereocenters. The first-order chi connectivity index (χ1) is 17.4. The number of anilines is 1. The summed E-state index contributed by atoms with van der Waals surface area (Å²) in [5, 5.41) is 12.2. The first-order valence-corrected chi connectivity index (χ1v) is 12.3. The van der Waals surface area contributed by atoms with Gasteiger partial charge in [-0.2, -0.15) is 14.3 Å². The van der Waals surface area contributed by atoms with Crippen LogP contribution in [0, 0.1) is 11.8 Å². The number of benzene rings is 1. The minimum atomic E-state index is -1.08. The first kappa shape index (κ1) is 22.3. The molecular weight excluding hydrogens is 484 g/mol. The van der Waals surface area contributed by atoms with E-state index in [1.165, 1.54) is 11.5 Å². The predicted molar refractivity (Wildman–Crippen MR) is 128 cm³/mol. The van der Waals surface area contributed by atoms with Gasteiger partial charge in [-0.3, -0.25) is 10.1 Å². The van der Waals surface area contributed by atoms with Gasteiger partial charge in [0, 0.05) is 5.92 Å². The molecule has 0 bridgehead atoms. The second kappa shape index (κ2) is 8.49. The average molecular weight is 505 g/mol. The minimum absolute atomic E-state index is 0.0237. The quantitative estimate of drug-likeness (QED) is 0.348. The first-order valence-electron chi connectivity index (χ1n) is 11.5. The van der Waals surface area contributed by atoms with E-state index in [9.17, 15) is 14.7 Å². The van der Waals surface area contributed by atoms with Crippen molar-refractivity contribution in [3.8, 4) is 11.8 Å². The van der Waals surface area contributed by atoms with Gasteiger partial charge in [0.15, 0.2) is 5.69 Å². The maximum absolute atomic E-state index is 12.7. The molecule has 36 heavy (non-hydrogen) atoms. The van der Waals surface area contributed by atoms with Crippen molar-refractivity contribution in [1.29, 1.82) is 0 Å². The van der Waals surface area contributed by atoms with E-state index in [0.29, 0.717) is 30.1 Å². The van der Waals surface area contributed by atoms with E-state index in [2.05, 4.69) is 31.5 Å². The largest absolute Gasteiger partial charge is 0.480 e. The molecule has 10 nitrogen and oxygen atoms in total. The van der Waals surface area contributed by atoms with E-state index in [4.69, 9.17) is 13.6 Å². The number of amides is 1. The van der Waals surface area contributed by atoms with E-state index >= 15 is 0 Å². The number of ether oxygens (including phenoxy) is 1. The Labute approximate surface area is 208 Å². The maximum atomic E-state index is 12.7. The Kier molecular flexibility index (Phi) is 5.26. The fourth-order valence-corrected chi connectivity index (χ4v) is 4.82. The topological polar surface area (TPSA) is 141 Å². The highest BCUT2D eigenvalue weighted by Crippen LogP contribution is 2.49. The van der Waals surface area contributed by atoms with Crippen LogP contribution in [0.1, 0.15) is 72.5 Å². The second-order valence-electron chi connectivity index (χ2n) is 8.91. The van der Waals surface area contributed by atoms with Crippen molar-refractivity contribution in [3.05, 3.63) is 58.2 Å². The molecule has 1 atom stereocenters. The molecule has 3 heterocycles. The number of carbonyl (C=O) groups excluding carboxylic acids is 1. The third-order valence-corrected chi connectivity index (χ3v) is 7.29. The SMILES string of the molecule is CC(OC(=O)Nc1c(C#Cc2nc3nc(C4(C(=O)O)CC4)oc3o2)nsc1C1CC1)c1ccccc1. The minimum Gasteiger partial charge on any atom is -0.480 e. The molecule has 2 aliphatic rings. The van der Waals surface area contributed by atoms with Crippen LogP contribution >= 0.6 is 11.5 Å². The number of hydrogen-bond donors (Lipinski definition) is 2. The van der Waals surface area contributed by atoms with Crippen molar-refractivity contribution in [2.45, 2.75) is 50.0 Å². The third-order valence-electron chi connectivity index (χ3n) is 6.28. The molecule has 2 fully saturated rings. The number of nitrogens with one attached hydrogen (secondary N) is 1. The van der Waals surface area contributed by atoms with Crippen LogP contribution in [0.25, 0.3) is 11.4 Å². The fourth-order valence-electron chi connectivity index (χ4n) is 3.87. The monoisotopic (exact) mass is 504 g/mol. The van der Waals surface area contributed by atoms with Gasteiger partial charge in [-0.1, -0.05) is 30.3 Å². The third kappa shape index (κ3) is 4.09. The maximum Gasteiger partial charge on any atom is 0.412 e. The van der Waals surface area contributed by atoms with Crippen LogP contribution < -0.4 is 5.32 Å². The van der Waals surface area contributed by atoms with Crippen molar-refractivity contribution in [3.63, 3.8) is 0 Å². The van der Waals surface area contributed by atoms with Gasteiger partial charge in [0.25, 0.3) is 5.89 Å². The van der Waals surface area contributed by atoms with Crippen molar-refractivity contribution < 1.29 is 28.3 Å². The van der Waals surface area contributed by atoms with Gasteiger partial charge in [-0.15, -0.1) is 0 Å². The van der Waals surface area contributed by atoms with Gasteiger partial charge >= 0.3 is 17.8 Å². The van der Waals surface area contributed by atoms with Gasteiger partial charge in [-0.25, -0.2) is 4.79 Å². The number of carboxylic acid groups (broad SMARTS) is 1. The zero-order valence-corrected chi connectivity index (χ0v) is 19.9. The highest BCUT2D eigenvalue weighted by Gasteiger charge is 2.56. The van der Waals surface area contributed by atoms with Crippen LogP contribution in [0.2, 0.25) is 0 Å². The van der Waals surface area contributed by atoms with Crippen molar-refractivity contribution >= 4 is 40.7 Å². The molecule has 1 aromatic carbocycles. The summed E-state index contributed by atoms with van der Waals surface area (Å²) in [5.74, 6) is 5.24.